The first-order chi connectivity index (χ1) is 15.8. The molecule has 5 rings (SSSR count). The third kappa shape index (κ3) is 4.45. The van der Waals surface area contributed by atoms with Crippen LogP contribution in [0.15, 0.2) is 36.7 Å². The van der Waals surface area contributed by atoms with Gasteiger partial charge in [-0.1, -0.05) is 6.07 Å². The Bertz CT molecular complexity index is 1140. The minimum Gasteiger partial charge on any atom is -0.507 e. The predicted octanol–water partition coefficient (Wildman–Crippen LogP) is 3.43. The Balaban J connectivity index is 1.26. The fraction of sp³-hybridized carbons (Fsp3) is 0.458. The fourth-order valence-electron chi connectivity index (χ4n) is 5.43. The molecule has 9 heteroatoms. The molecule has 0 radical (unpaired) electrons. The lowest BCUT2D eigenvalue weighted by Gasteiger charge is -2.42. The molecule has 0 amide bonds. The van der Waals surface area contributed by atoms with Gasteiger partial charge in [-0.05, 0) is 69.7 Å². The summed E-state index contributed by atoms with van der Waals surface area (Å²) in [6.45, 7) is 5.57. The monoisotopic (exact) mass is 447 g/mol. The maximum absolute atomic E-state index is 10.6. The predicted molar refractivity (Wildman–Crippen MR) is 125 cm³/mol. The first-order valence-electron chi connectivity index (χ1n) is 11.3. The third-order valence-corrected chi connectivity index (χ3v) is 6.81. The summed E-state index contributed by atoms with van der Waals surface area (Å²) in [5, 5.41) is 26.5. The molecule has 2 aromatic heterocycles. The van der Waals surface area contributed by atoms with Gasteiger partial charge in [0.25, 0.3) is 0 Å². The van der Waals surface area contributed by atoms with E-state index in [-0.39, 0.29) is 22.8 Å². The molecule has 0 saturated carbocycles. The van der Waals surface area contributed by atoms with Crippen molar-refractivity contribution in [1.29, 1.82) is 0 Å². The standard InChI is InChI=1S/C24H29N7O2/c1-23-8-9-24(2,31-23)12-15(11-23)13-25-20-7-6-18(29-30-20)17-5-4-16(10-19(17)32)21-26-14-27-22(28-21)33-3/h4-7,10,14-15,31-32H,8-9,11-13H2,1-3H3,(H,25,30). The van der Waals surface area contributed by atoms with E-state index >= 15 is 0 Å². The maximum atomic E-state index is 10.6. The number of phenols is 1. The summed E-state index contributed by atoms with van der Waals surface area (Å²) in [7, 11) is 1.49. The zero-order chi connectivity index (χ0) is 23.1. The first kappa shape index (κ1) is 21.5. The molecule has 2 saturated heterocycles. The molecule has 2 unspecified atom stereocenters. The Hall–Kier alpha value is -3.33. The molecule has 0 spiro atoms. The lowest BCUT2D eigenvalue weighted by Crippen LogP contribution is -2.54. The number of nitrogens with one attached hydrogen (secondary N) is 2. The van der Waals surface area contributed by atoms with Crippen molar-refractivity contribution in [3.8, 4) is 34.4 Å². The van der Waals surface area contributed by atoms with Crippen LogP contribution in [0.2, 0.25) is 0 Å². The maximum Gasteiger partial charge on any atom is 0.319 e. The van der Waals surface area contributed by atoms with E-state index in [1.807, 2.05) is 18.2 Å². The van der Waals surface area contributed by atoms with Gasteiger partial charge in [0, 0.05) is 28.7 Å². The first-order valence-corrected chi connectivity index (χ1v) is 11.3. The number of hydrogen-bond acceptors (Lipinski definition) is 9. The smallest absolute Gasteiger partial charge is 0.319 e. The second kappa shape index (κ2) is 8.22. The number of rotatable bonds is 6. The summed E-state index contributed by atoms with van der Waals surface area (Å²) in [6, 6.07) is 9.20. The van der Waals surface area contributed by atoms with E-state index in [9.17, 15) is 5.11 Å². The van der Waals surface area contributed by atoms with Crippen molar-refractivity contribution in [2.45, 2.75) is 50.6 Å². The molecule has 33 heavy (non-hydrogen) atoms. The van der Waals surface area contributed by atoms with Gasteiger partial charge in [-0.15, -0.1) is 10.2 Å². The lowest BCUT2D eigenvalue weighted by atomic mass is 9.80. The number of nitrogens with zero attached hydrogens (tertiary/aromatic N) is 5. The van der Waals surface area contributed by atoms with Gasteiger partial charge in [0.1, 0.15) is 17.9 Å². The third-order valence-electron chi connectivity index (χ3n) is 6.81. The van der Waals surface area contributed by atoms with Crippen molar-refractivity contribution in [2.24, 2.45) is 5.92 Å². The minimum atomic E-state index is 0.0774. The SMILES string of the molecule is COc1ncnc(-c2ccc(-c3ccc(NCC4CC5(C)CCC(C)(C4)N5)nn3)c(O)c2)n1. The number of aromatic nitrogens is 5. The molecule has 172 valence electrons. The Kier molecular flexibility index (Phi) is 5.36. The van der Waals surface area contributed by atoms with Crippen molar-refractivity contribution < 1.29 is 9.84 Å². The molecule has 1 aromatic carbocycles. The molecule has 0 aliphatic carbocycles. The summed E-state index contributed by atoms with van der Waals surface area (Å²) in [5.74, 6) is 1.85. The second-order valence-electron chi connectivity index (χ2n) is 9.73. The van der Waals surface area contributed by atoms with E-state index < -0.39 is 0 Å². The van der Waals surface area contributed by atoms with Crippen LogP contribution in [0.1, 0.15) is 39.5 Å². The highest BCUT2D eigenvalue weighted by Crippen LogP contribution is 2.44. The summed E-state index contributed by atoms with van der Waals surface area (Å²) >= 11 is 0. The second-order valence-corrected chi connectivity index (χ2v) is 9.73. The molecule has 3 aromatic rings. The van der Waals surface area contributed by atoms with Crippen LogP contribution in [0.3, 0.4) is 0 Å². The van der Waals surface area contributed by atoms with Crippen molar-refractivity contribution in [3.63, 3.8) is 0 Å². The number of benzene rings is 1. The quantitative estimate of drug-likeness (QED) is 0.522. The molecular weight excluding hydrogens is 418 g/mol. The highest BCUT2D eigenvalue weighted by atomic mass is 16.5. The number of fused-ring (bicyclic) bond motifs is 2. The van der Waals surface area contributed by atoms with Gasteiger partial charge in [-0.3, -0.25) is 0 Å². The van der Waals surface area contributed by atoms with Crippen LogP contribution in [0.4, 0.5) is 5.82 Å². The summed E-state index contributed by atoms with van der Waals surface area (Å²) in [5.41, 5.74) is 2.35. The van der Waals surface area contributed by atoms with Crippen LogP contribution < -0.4 is 15.4 Å². The summed E-state index contributed by atoms with van der Waals surface area (Å²) in [4.78, 5) is 12.2. The van der Waals surface area contributed by atoms with E-state index in [4.69, 9.17) is 4.74 Å². The average molecular weight is 448 g/mol. The molecule has 2 aliphatic heterocycles. The zero-order valence-electron chi connectivity index (χ0n) is 19.2. The van der Waals surface area contributed by atoms with E-state index in [1.165, 1.54) is 39.1 Å². The molecule has 3 N–H and O–H groups in total. The zero-order valence-corrected chi connectivity index (χ0v) is 19.2. The minimum absolute atomic E-state index is 0.0774. The number of hydrogen-bond donors (Lipinski definition) is 3. The molecular formula is C24H29N7O2. The number of ether oxygens (including phenoxy) is 1. The van der Waals surface area contributed by atoms with Gasteiger partial charge in [0.05, 0.1) is 12.8 Å². The molecule has 2 aliphatic rings. The highest BCUT2D eigenvalue weighted by Gasteiger charge is 2.48. The van der Waals surface area contributed by atoms with E-state index in [0.717, 1.165) is 12.4 Å². The van der Waals surface area contributed by atoms with E-state index in [1.54, 1.807) is 12.1 Å². The van der Waals surface area contributed by atoms with Crippen LogP contribution in [0.5, 0.6) is 11.8 Å². The van der Waals surface area contributed by atoms with Crippen molar-refractivity contribution >= 4 is 5.82 Å². The summed E-state index contributed by atoms with van der Waals surface area (Å²) < 4.78 is 5.04. The normalized spacial score (nSPS) is 26.2. The molecule has 2 bridgehead atoms. The van der Waals surface area contributed by atoms with Crippen LogP contribution in [0, 0.1) is 5.92 Å². The van der Waals surface area contributed by atoms with Gasteiger partial charge in [-0.2, -0.15) is 9.97 Å². The van der Waals surface area contributed by atoms with Crippen molar-refractivity contribution in [3.05, 3.63) is 36.7 Å². The Morgan fingerprint density at radius 2 is 1.88 bits per heavy atom. The van der Waals surface area contributed by atoms with E-state index in [2.05, 4.69) is 49.6 Å². The van der Waals surface area contributed by atoms with Crippen molar-refractivity contribution in [1.82, 2.24) is 30.5 Å². The Morgan fingerprint density at radius 1 is 1.09 bits per heavy atom. The van der Waals surface area contributed by atoms with Crippen LogP contribution in [-0.2, 0) is 0 Å². The largest absolute Gasteiger partial charge is 0.507 e. The van der Waals surface area contributed by atoms with Crippen LogP contribution >= 0.6 is 0 Å². The number of anilines is 1. The topological polar surface area (TPSA) is 118 Å². The van der Waals surface area contributed by atoms with Crippen LogP contribution in [0.25, 0.3) is 22.6 Å². The van der Waals surface area contributed by atoms with Gasteiger partial charge >= 0.3 is 6.01 Å². The van der Waals surface area contributed by atoms with Gasteiger partial charge in [-0.25, -0.2) is 4.98 Å². The number of aromatic hydroxyl groups is 1. The van der Waals surface area contributed by atoms with Crippen molar-refractivity contribution in [2.75, 3.05) is 19.0 Å². The van der Waals surface area contributed by atoms with Gasteiger partial charge in [0.2, 0.25) is 0 Å². The molecule has 2 fully saturated rings. The Labute approximate surface area is 193 Å². The van der Waals surface area contributed by atoms with Gasteiger partial charge in [0.15, 0.2) is 5.82 Å². The highest BCUT2D eigenvalue weighted by molar-refractivity contribution is 5.72. The molecule has 4 heterocycles. The summed E-state index contributed by atoms with van der Waals surface area (Å²) in [6.07, 6.45) is 6.22. The average Bonchev–Trinajstić information content (AvgIpc) is 3.05. The Morgan fingerprint density at radius 3 is 2.55 bits per heavy atom. The lowest BCUT2D eigenvalue weighted by molar-refractivity contribution is 0.178. The molecule has 9 nitrogen and oxygen atoms in total. The van der Waals surface area contributed by atoms with Gasteiger partial charge < -0.3 is 20.5 Å². The number of phenolic OH excluding ortho intramolecular Hbond substituents is 1. The van der Waals surface area contributed by atoms with E-state index in [0.29, 0.717) is 28.6 Å². The number of methoxy groups -OCH3 is 1. The number of piperidine rings is 1. The fourth-order valence-corrected chi connectivity index (χ4v) is 5.43. The van der Waals surface area contributed by atoms with Crippen LogP contribution in [-0.4, -0.2) is 55.0 Å². The molecule has 2 atom stereocenters.